The summed E-state index contributed by atoms with van der Waals surface area (Å²) in [6.45, 7) is 4.19. The van der Waals surface area contributed by atoms with Gasteiger partial charge in [-0.05, 0) is 24.4 Å². The molecule has 2 rings (SSSR count). The lowest BCUT2D eigenvalue weighted by atomic mass is 9.98. The molecule has 0 amide bonds. The van der Waals surface area contributed by atoms with Crippen molar-refractivity contribution in [2.45, 2.75) is 25.8 Å². The second kappa shape index (κ2) is 6.52. The molecule has 1 aromatic carbocycles. The van der Waals surface area contributed by atoms with Gasteiger partial charge >= 0.3 is 0 Å². The number of nitrogens with one attached hydrogen (secondary N) is 1. The van der Waals surface area contributed by atoms with E-state index in [4.69, 9.17) is 0 Å². The Morgan fingerprint density at radius 1 is 1.29 bits per heavy atom. The molecule has 0 saturated carbocycles. The molecule has 0 radical (unpaired) electrons. The van der Waals surface area contributed by atoms with Gasteiger partial charge in [-0.3, -0.25) is 0 Å². The monoisotopic (exact) mass is 246 g/mol. The van der Waals surface area contributed by atoms with Gasteiger partial charge in [-0.1, -0.05) is 37.3 Å². The number of hydrogen-bond acceptors (Lipinski definition) is 3. The third-order valence-corrected chi connectivity index (χ3v) is 3.55. The molecular formula is C14H18N2S. The maximum Gasteiger partial charge on any atom is 0.0795 e. The van der Waals surface area contributed by atoms with Crippen molar-refractivity contribution in [2.75, 3.05) is 6.54 Å². The van der Waals surface area contributed by atoms with Gasteiger partial charge in [-0.15, -0.1) is 11.3 Å². The molecule has 3 heteroatoms. The minimum absolute atomic E-state index is 0.610. The van der Waals surface area contributed by atoms with Crippen LogP contribution < -0.4 is 5.32 Å². The summed E-state index contributed by atoms with van der Waals surface area (Å²) in [5.74, 6) is 0.610. The first-order valence-corrected chi connectivity index (χ1v) is 6.93. The van der Waals surface area contributed by atoms with Crippen molar-refractivity contribution < 1.29 is 0 Å². The van der Waals surface area contributed by atoms with Gasteiger partial charge < -0.3 is 5.32 Å². The standard InChI is InChI=1S/C14H18N2S/c1-12(13-5-3-2-4-6-13)7-8-15-9-14-10-17-11-16-14/h2-6,10-12,15H,7-9H2,1H3. The van der Waals surface area contributed by atoms with Gasteiger partial charge in [0.05, 0.1) is 11.2 Å². The maximum atomic E-state index is 4.25. The van der Waals surface area contributed by atoms with Crippen LogP contribution in [-0.4, -0.2) is 11.5 Å². The van der Waals surface area contributed by atoms with E-state index in [-0.39, 0.29) is 0 Å². The average molecular weight is 246 g/mol. The lowest BCUT2D eigenvalue weighted by Crippen LogP contribution is -2.16. The fourth-order valence-electron chi connectivity index (χ4n) is 1.81. The summed E-state index contributed by atoms with van der Waals surface area (Å²) >= 11 is 1.65. The number of thiazole rings is 1. The molecule has 0 aliphatic heterocycles. The summed E-state index contributed by atoms with van der Waals surface area (Å²) in [5.41, 5.74) is 4.44. The first-order chi connectivity index (χ1) is 8.36. The molecule has 1 heterocycles. The van der Waals surface area contributed by atoms with Gasteiger partial charge in [0.1, 0.15) is 0 Å². The highest BCUT2D eigenvalue weighted by atomic mass is 32.1. The van der Waals surface area contributed by atoms with E-state index in [0.29, 0.717) is 5.92 Å². The SMILES string of the molecule is CC(CCNCc1cscn1)c1ccccc1. The van der Waals surface area contributed by atoms with Gasteiger partial charge in [0.15, 0.2) is 0 Å². The summed E-state index contributed by atoms with van der Waals surface area (Å²) in [6.07, 6.45) is 1.16. The van der Waals surface area contributed by atoms with E-state index in [9.17, 15) is 0 Å². The second-order valence-corrected chi connectivity index (χ2v) is 4.98. The number of nitrogens with zero attached hydrogens (tertiary/aromatic N) is 1. The average Bonchev–Trinajstić information content (AvgIpc) is 2.88. The van der Waals surface area contributed by atoms with Gasteiger partial charge in [0.2, 0.25) is 0 Å². The molecular weight excluding hydrogens is 228 g/mol. The van der Waals surface area contributed by atoms with Crippen molar-refractivity contribution in [2.24, 2.45) is 0 Å². The molecule has 1 unspecified atom stereocenters. The van der Waals surface area contributed by atoms with Gasteiger partial charge in [-0.25, -0.2) is 4.98 Å². The summed E-state index contributed by atoms with van der Waals surface area (Å²) < 4.78 is 0. The predicted molar refractivity (Wildman–Crippen MR) is 73.3 cm³/mol. The molecule has 17 heavy (non-hydrogen) atoms. The van der Waals surface area contributed by atoms with Crippen molar-refractivity contribution in [1.29, 1.82) is 0 Å². The highest BCUT2D eigenvalue weighted by Crippen LogP contribution is 2.17. The zero-order chi connectivity index (χ0) is 11.9. The Kier molecular flexibility index (Phi) is 4.71. The van der Waals surface area contributed by atoms with Crippen LogP contribution in [0, 0.1) is 0 Å². The Hall–Kier alpha value is -1.19. The molecule has 0 saturated heterocycles. The molecule has 1 N–H and O–H groups in total. The van der Waals surface area contributed by atoms with Crippen LogP contribution in [0.3, 0.4) is 0 Å². The Bertz CT molecular complexity index is 411. The van der Waals surface area contributed by atoms with Gasteiger partial charge in [0.25, 0.3) is 0 Å². The quantitative estimate of drug-likeness (QED) is 0.790. The Balaban J connectivity index is 1.68. The van der Waals surface area contributed by atoms with Gasteiger partial charge in [-0.2, -0.15) is 0 Å². The molecule has 2 aromatic rings. The molecule has 0 bridgehead atoms. The fraction of sp³-hybridized carbons (Fsp3) is 0.357. The first kappa shape index (κ1) is 12.3. The molecule has 0 fully saturated rings. The Labute approximate surface area is 107 Å². The third kappa shape index (κ3) is 3.95. The Morgan fingerprint density at radius 2 is 2.12 bits per heavy atom. The number of aromatic nitrogens is 1. The largest absolute Gasteiger partial charge is 0.311 e. The highest BCUT2D eigenvalue weighted by molar-refractivity contribution is 7.07. The van der Waals surface area contributed by atoms with E-state index in [2.05, 4.69) is 52.9 Å². The zero-order valence-electron chi connectivity index (χ0n) is 10.1. The van der Waals surface area contributed by atoms with Crippen LogP contribution in [0.4, 0.5) is 0 Å². The molecule has 2 nitrogen and oxygen atoms in total. The normalized spacial score (nSPS) is 12.5. The van der Waals surface area contributed by atoms with E-state index < -0.39 is 0 Å². The minimum atomic E-state index is 0.610. The molecule has 1 aromatic heterocycles. The zero-order valence-corrected chi connectivity index (χ0v) is 10.9. The molecule has 0 spiro atoms. The van der Waals surface area contributed by atoms with Crippen LogP contribution in [0.1, 0.15) is 30.5 Å². The van der Waals surface area contributed by atoms with E-state index in [1.165, 1.54) is 5.56 Å². The summed E-state index contributed by atoms with van der Waals surface area (Å²) in [6, 6.07) is 10.7. The smallest absolute Gasteiger partial charge is 0.0795 e. The van der Waals surface area contributed by atoms with Crippen LogP contribution in [-0.2, 0) is 6.54 Å². The summed E-state index contributed by atoms with van der Waals surface area (Å²) in [4.78, 5) is 4.25. The van der Waals surface area contributed by atoms with E-state index >= 15 is 0 Å². The van der Waals surface area contributed by atoms with Crippen molar-refractivity contribution in [3.63, 3.8) is 0 Å². The van der Waals surface area contributed by atoms with Gasteiger partial charge in [0, 0.05) is 11.9 Å². The predicted octanol–water partition coefficient (Wildman–Crippen LogP) is 3.43. The van der Waals surface area contributed by atoms with Crippen LogP contribution >= 0.6 is 11.3 Å². The van der Waals surface area contributed by atoms with Crippen LogP contribution in [0.5, 0.6) is 0 Å². The molecule has 0 aliphatic carbocycles. The molecule has 1 atom stereocenters. The lowest BCUT2D eigenvalue weighted by molar-refractivity contribution is 0.590. The van der Waals surface area contributed by atoms with Crippen molar-refractivity contribution in [3.8, 4) is 0 Å². The second-order valence-electron chi connectivity index (χ2n) is 4.26. The van der Waals surface area contributed by atoms with Crippen molar-refractivity contribution >= 4 is 11.3 Å². The fourth-order valence-corrected chi connectivity index (χ4v) is 2.37. The van der Waals surface area contributed by atoms with Crippen LogP contribution in [0.15, 0.2) is 41.2 Å². The van der Waals surface area contributed by atoms with Crippen molar-refractivity contribution in [1.82, 2.24) is 10.3 Å². The number of rotatable bonds is 6. The number of benzene rings is 1. The third-order valence-electron chi connectivity index (χ3n) is 2.91. The summed E-state index contributed by atoms with van der Waals surface area (Å²) in [7, 11) is 0. The molecule has 90 valence electrons. The highest BCUT2D eigenvalue weighted by Gasteiger charge is 2.04. The van der Waals surface area contributed by atoms with Crippen molar-refractivity contribution in [3.05, 3.63) is 52.5 Å². The lowest BCUT2D eigenvalue weighted by Gasteiger charge is -2.11. The topological polar surface area (TPSA) is 24.9 Å². The van der Waals surface area contributed by atoms with E-state index in [1.54, 1.807) is 11.3 Å². The van der Waals surface area contributed by atoms with Crippen LogP contribution in [0.25, 0.3) is 0 Å². The minimum Gasteiger partial charge on any atom is -0.311 e. The Morgan fingerprint density at radius 3 is 2.82 bits per heavy atom. The number of hydrogen-bond donors (Lipinski definition) is 1. The van der Waals surface area contributed by atoms with Crippen LogP contribution in [0.2, 0.25) is 0 Å². The van der Waals surface area contributed by atoms with E-state index in [1.807, 2.05) is 5.51 Å². The summed E-state index contributed by atoms with van der Waals surface area (Å²) in [5, 5.41) is 5.52. The first-order valence-electron chi connectivity index (χ1n) is 5.99. The maximum absolute atomic E-state index is 4.25. The molecule has 0 aliphatic rings. The van der Waals surface area contributed by atoms with E-state index in [0.717, 1.165) is 25.2 Å².